The van der Waals surface area contributed by atoms with E-state index in [1.54, 1.807) is 13.0 Å². The van der Waals surface area contributed by atoms with Crippen LogP contribution >= 0.6 is 11.3 Å². The number of nitrogens with zero attached hydrogens (tertiary/aromatic N) is 3. The minimum atomic E-state index is -3.66. The number of hydrogen-bond acceptors (Lipinski definition) is 7. The van der Waals surface area contributed by atoms with Crippen LogP contribution in [0.3, 0.4) is 0 Å². The van der Waals surface area contributed by atoms with Crippen LogP contribution in [-0.4, -0.2) is 41.2 Å². The normalized spacial score (nSPS) is 15.3. The summed E-state index contributed by atoms with van der Waals surface area (Å²) in [7, 11) is -3.66. The second kappa shape index (κ2) is 8.52. The third kappa shape index (κ3) is 4.28. The Morgan fingerprint density at radius 1 is 1.16 bits per heavy atom. The molecular formula is C21H23N3O5S2. The molecule has 1 aliphatic heterocycles. The van der Waals surface area contributed by atoms with E-state index < -0.39 is 16.0 Å². The van der Waals surface area contributed by atoms with Gasteiger partial charge in [-0.15, -0.1) is 11.3 Å². The van der Waals surface area contributed by atoms with Gasteiger partial charge in [-0.2, -0.15) is 4.31 Å². The van der Waals surface area contributed by atoms with Gasteiger partial charge in [0.1, 0.15) is 6.61 Å². The summed E-state index contributed by atoms with van der Waals surface area (Å²) in [6.45, 7) is 4.34. The number of esters is 1. The quantitative estimate of drug-likeness (QED) is 0.542. The Labute approximate surface area is 184 Å². The highest BCUT2D eigenvalue weighted by molar-refractivity contribution is 7.89. The minimum Gasteiger partial charge on any atom is -0.456 e. The van der Waals surface area contributed by atoms with Crippen LogP contribution in [0.5, 0.6) is 0 Å². The molecular weight excluding hydrogens is 438 g/mol. The summed E-state index contributed by atoms with van der Waals surface area (Å²) in [5.41, 5.74) is 1.70. The van der Waals surface area contributed by atoms with Crippen molar-refractivity contribution in [1.29, 1.82) is 0 Å². The van der Waals surface area contributed by atoms with E-state index in [1.165, 1.54) is 38.2 Å². The molecule has 0 spiro atoms. The lowest BCUT2D eigenvalue weighted by molar-refractivity contribution is 0.0466. The Balaban J connectivity index is 1.55. The highest BCUT2D eigenvalue weighted by atomic mass is 32.2. The van der Waals surface area contributed by atoms with Crippen LogP contribution < -0.4 is 5.56 Å². The van der Waals surface area contributed by atoms with Crippen molar-refractivity contribution in [2.45, 2.75) is 44.6 Å². The second-order valence-corrected chi connectivity index (χ2v) is 10.4. The summed E-state index contributed by atoms with van der Waals surface area (Å²) in [5, 5.41) is 1.83. The molecule has 1 aliphatic rings. The zero-order chi connectivity index (χ0) is 22.2. The van der Waals surface area contributed by atoms with Crippen molar-refractivity contribution in [2.24, 2.45) is 0 Å². The molecule has 0 radical (unpaired) electrons. The monoisotopic (exact) mass is 461 g/mol. The van der Waals surface area contributed by atoms with Crippen LogP contribution in [0.1, 0.15) is 46.6 Å². The molecule has 0 saturated carbocycles. The molecule has 1 saturated heterocycles. The SMILES string of the molecule is Cc1ccc(S(=O)(=O)N2CCCCC2)cc1C(=O)OCc1cc(=O)n2c(C)csc2n1. The average molecular weight is 462 g/mol. The zero-order valence-electron chi connectivity index (χ0n) is 17.3. The lowest BCUT2D eigenvalue weighted by Gasteiger charge is -2.26. The van der Waals surface area contributed by atoms with Gasteiger partial charge in [0, 0.05) is 30.2 Å². The number of sulfonamides is 1. The van der Waals surface area contributed by atoms with Crippen LogP contribution in [0.4, 0.5) is 0 Å². The fourth-order valence-corrected chi connectivity index (χ4v) is 6.06. The predicted octanol–water partition coefficient (Wildman–Crippen LogP) is 2.90. The van der Waals surface area contributed by atoms with E-state index in [-0.39, 0.29) is 22.6 Å². The molecule has 0 atom stereocenters. The number of carbonyl (C=O) groups excluding carboxylic acids is 1. The molecule has 0 bridgehead atoms. The number of rotatable bonds is 5. The van der Waals surface area contributed by atoms with Crippen LogP contribution in [0, 0.1) is 13.8 Å². The van der Waals surface area contributed by atoms with Crippen molar-refractivity contribution in [3.63, 3.8) is 0 Å². The molecule has 2 aromatic heterocycles. The zero-order valence-corrected chi connectivity index (χ0v) is 19.0. The maximum absolute atomic E-state index is 12.9. The van der Waals surface area contributed by atoms with Gasteiger partial charge in [-0.05, 0) is 44.4 Å². The van der Waals surface area contributed by atoms with E-state index in [9.17, 15) is 18.0 Å². The summed E-state index contributed by atoms with van der Waals surface area (Å²) in [6.07, 6.45) is 2.69. The number of carbonyl (C=O) groups is 1. The Kier molecular flexibility index (Phi) is 5.96. The van der Waals surface area contributed by atoms with Gasteiger partial charge in [0.2, 0.25) is 10.0 Å². The van der Waals surface area contributed by atoms with Gasteiger partial charge in [0.05, 0.1) is 16.2 Å². The number of benzene rings is 1. The van der Waals surface area contributed by atoms with Crippen molar-refractivity contribution < 1.29 is 17.9 Å². The Hall–Kier alpha value is -2.56. The van der Waals surface area contributed by atoms with Crippen molar-refractivity contribution in [3.8, 4) is 0 Å². The first-order valence-corrected chi connectivity index (χ1v) is 12.3. The fourth-order valence-electron chi connectivity index (χ4n) is 3.63. The molecule has 8 nitrogen and oxygen atoms in total. The van der Waals surface area contributed by atoms with Gasteiger partial charge in [-0.3, -0.25) is 9.20 Å². The van der Waals surface area contributed by atoms with Crippen LogP contribution in [0.2, 0.25) is 0 Å². The third-order valence-corrected chi connectivity index (χ3v) is 8.20. The predicted molar refractivity (Wildman–Crippen MR) is 117 cm³/mol. The number of fused-ring (bicyclic) bond motifs is 1. The lowest BCUT2D eigenvalue weighted by Crippen LogP contribution is -2.35. The van der Waals surface area contributed by atoms with Gasteiger partial charge in [0.15, 0.2) is 4.96 Å². The summed E-state index contributed by atoms with van der Waals surface area (Å²) in [4.78, 5) is 30.0. The maximum Gasteiger partial charge on any atom is 0.338 e. The molecule has 31 heavy (non-hydrogen) atoms. The first-order valence-electron chi connectivity index (χ1n) is 10.0. The molecule has 0 aliphatic carbocycles. The summed E-state index contributed by atoms with van der Waals surface area (Å²) in [5.74, 6) is -0.655. The number of ether oxygens (including phenoxy) is 1. The average Bonchev–Trinajstić information content (AvgIpc) is 3.14. The summed E-state index contributed by atoms with van der Waals surface area (Å²) < 4.78 is 34.2. The van der Waals surface area contributed by atoms with Gasteiger partial charge < -0.3 is 4.74 Å². The largest absolute Gasteiger partial charge is 0.456 e. The number of aromatic nitrogens is 2. The molecule has 3 aromatic rings. The van der Waals surface area contributed by atoms with Crippen molar-refractivity contribution in [2.75, 3.05) is 13.1 Å². The van der Waals surface area contributed by atoms with Crippen LogP contribution in [-0.2, 0) is 21.4 Å². The highest BCUT2D eigenvalue weighted by Gasteiger charge is 2.27. The number of piperidine rings is 1. The summed E-state index contributed by atoms with van der Waals surface area (Å²) >= 11 is 1.33. The first-order chi connectivity index (χ1) is 14.8. The van der Waals surface area contributed by atoms with Crippen molar-refractivity contribution >= 4 is 32.3 Å². The van der Waals surface area contributed by atoms with Gasteiger partial charge in [-0.1, -0.05) is 12.5 Å². The van der Waals surface area contributed by atoms with Gasteiger partial charge >= 0.3 is 5.97 Å². The van der Waals surface area contributed by atoms with E-state index in [4.69, 9.17) is 4.74 Å². The van der Waals surface area contributed by atoms with Crippen molar-refractivity contribution in [1.82, 2.24) is 13.7 Å². The highest BCUT2D eigenvalue weighted by Crippen LogP contribution is 2.23. The molecule has 4 rings (SSSR count). The lowest BCUT2D eigenvalue weighted by atomic mass is 10.1. The number of hydrogen-bond donors (Lipinski definition) is 0. The molecule has 1 fully saturated rings. The minimum absolute atomic E-state index is 0.0822. The van der Waals surface area contributed by atoms with E-state index in [1.807, 2.05) is 12.3 Å². The second-order valence-electron chi connectivity index (χ2n) is 7.60. The van der Waals surface area contributed by atoms with Crippen molar-refractivity contribution in [3.05, 3.63) is 62.5 Å². The van der Waals surface area contributed by atoms with Gasteiger partial charge in [-0.25, -0.2) is 18.2 Å². The number of thiazole rings is 1. The van der Waals surface area contributed by atoms with Crippen LogP contribution in [0.15, 0.2) is 39.3 Å². The third-order valence-electron chi connectivity index (χ3n) is 5.36. The Morgan fingerprint density at radius 2 is 1.90 bits per heavy atom. The molecule has 0 amide bonds. The number of aryl methyl sites for hydroxylation is 2. The molecule has 10 heteroatoms. The standard InChI is InChI=1S/C21H23N3O5S2/c1-14-6-7-17(31(27,28)23-8-4-3-5-9-23)11-18(14)20(26)29-12-16-10-19(25)24-15(2)13-30-21(24)22-16/h6-7,10-11,13H,3-5,8-9,12H2,1-2H3. The van der Waals surface area contributed by atoms with E-state index in [0.29, 0.717) is 29.3 Å². The topological polar surface area (TPSA) is 98.0 Å². The fraction of sp³-hybridized carbons (Fsp3) is 0.381. The smallest absolute Gasteiger partial charge is 0.338 e. The Morgan fingerprint density at radius 3 is 2.65 bits per heavy atom. The summed E-state index contributed by atoms with van der Waals surface area (Å²) in [6, 6.07) is 5.84. The van der Waals surface area contributed by atoms with Crippen LogP contribution in [0.25, 0.3) is 4.96 Å². The molecule has 0 unspecified atom stereocenters. The van der Waals surface area contributed by atoms with E-state index in [2.05, 4.69) is 4.98 Å². The molecule has 3 heterocycles. The molecule has 0 N–H and O–H groups in total. The van der Waals surface area contributed by atoms with E-state index >= 15 is 0 Å². The molecule has 1 aromatic carbocycles. The van der Waals surface area contributed by atoms with Gasteiger partial charge in [0.25, 0.3) is 5.56 Å². The Bertz CT molecular complexity index is 1300. The maximum atomic E-state index is 12.9. The first kappa shape index (κ1) is 21.7. The molecule has 164 valence electrons. The van der Waals surface area contributed by atoms with E-state index in [0.717, 1.165) is 25.0 Å².